The number of rotatable bonds is 4. The number of phenolic OH excluding ortho intramolecular Hbond substituents is 1. The number of carbonyl (C=O) groups excluding carboxylic acids is 1. The van der Waals surface area contributed by atoms with Crippen LogP contribution in [0.4, 0.5) is 0 Å². The van der Waals surface area contributed by atoms with Gasteiger partial charge in [-0.15, -0.1) is 0 Å². The number of phenols is 1. The molecule has 0 aromatic heterocycles. The van der Waals surface area contributed by atoms with Crippen molar-refractivity contribution in [3.8, 4) is 16.9 Å². The van der Waals surface area contributed by atoms with Gasteiger partial charge in [0.25, 0.3) is 0 Å². The van der Waals surface area contributed by atoms with Gasteiger partial charge in [-0.1, -0.05) is 49.7 Å². The minimum Gasteiger partial charge on any atom is -0.507 e. The van der Waals surface area contributed by atoms with Gasteiger partial charge in [-0.05, 0) is 36.1 Å². The largest absolute Gasteiger partial charge is 0.507 e. The molecule has 0 radical (unpaired) electrons. The molecule has 2 aromatic carbocycles. The average molecular weight is 254 g/mol. The first-order valence-electron chi connectivity index (χ1n) is 6.55. The summed E-state index contributed by atoms with van der Waals surface area (Å²) < 4.78 is 0. The summed E-state index contributed by atoms with van der Waals surface area (Å²) in [5.74, 6) is -0.00198. The highest BCUT2D eigenvalue weighted by molar-refractivity contribution is 5.99. The van der Waals surface area contributed by atoms with Crippen LogP contribution in [-0.2, 0) is 6.42 Å². The highest BCUT2D eigenvalue weighted by atomic mass is 16.3. The van der Waals surface area contributed by atoms with Crippen molar-refractivity contribution in [1.29, 1.82) is 0 Å². The van der Waals surface area contributed by atoms with Gasteiger partial charge in [-0.25, -0.2) is 0 Å². The van der Waals surface area contributed by atoms with E-state index in [1.54, 1.807) is 6.07 Å². The van der Waals surface area contributed by atoms with E-state index < -0.39 is 0 Å². The Bertz CT molecular complexity index is 586. The zero-order valence-electron chi connectivity index (χ0n) is 11.3. The van der Waals surface area contributed by atoms with Crippen LogP contribution in [0, 0.1) is 0 Å². The van der Waals surface area contributed by atoms with E-state index in [0.29, 0.717) is 5.56 Å². The van der Waals surface area contributed by atoms with Gasteiger partial charge >= 0.3 is 0 Å². The predicted molar refractivity (Wildman–Crippen MR) is 77.5 cm³/mol. The van der Waals surface area contributed by atoms with Crippen LogP contribution >= 0.6 is 0 Å². The van der Waals surface area contributed by atoms with Crippen LogP contribution in [-0.4, -0.2) is 10.9 Å². The topological polar surface area (TPSA) is 37.3 Å². The summed E-state index contributed by atoms with van der Waals surface area (Å²) in [7, 11) is 0. The van der Waals surface area contributed by atoms with E-state index in [1.807, 2.05) is 36.4 Å². The Labute approximate surface area is 113 Å². The zero-order chi connectivity index (χ0) is 13.8. The predicted octanol–water partition coefficient (Wildman–Crippen LogP) is 4.21. The molecule has 19 heavy (non-hydrogen) atoms. The van der Waals surface area contributed by atoms with Crippen LogP contribution in [0.25, 0.3) is 11.1 Å². The standard InChI is InChI=1S/C17H18O2/c1-3-7-14-10-15(13-8-5-4-6-9-13)11-16(19)17(14)12(2)18/h4-6,8-11,19H,3,7H2,1-2H3. The van der Waals surface area contributed by atoms with Crippen LogP contribution in [0.2, 0.25) is 0 Å². The molecule has 2 aromatic rings. The maximum absolute atomic E-state index is 11.6. The molecular formula is C17H18O2. The van der Waals surface area contributed by atoms with Crippen LogP contribution in [0.1, 0.15) is 36.2 Å². The maximum Gasteiger partial charge on any atom is 0.163 e. The lowest BCUT2D eigenvalue weighted by Crippen LogP contribution is -2.01. The van der Waals surface area contributed by atoms with Crippen molar-refractivity contribution in [2.75, 3.05) is 0 Å². The molecule has 0 aliphatic carbocycles. The molecule has 2 heteroatoms. The van der Waals surface area contributed by atoms with Crippen molar-refractivity contribution in [3.05, 3.63) is 53.6 Å². The van der Waals surface area contributed by atoms with E-state index in [2.05, 4.69) is 6.92 Å². The second-order valence-corrected chi connectivity index (χ2v) is 4.70. The molecule has 0 saturated carbocycles. The van der Waals surface area contributed by atoms with Crippen molar-refractivity contribution in [3.63, 3.8) is 0 Å². The second-order valence-electron chi connectivity index (χ2n) is 4.70. The van der Waals surface area contributed by atoms with Gasteiger partial charge in [0.15, 0.2) is 5.78 Å². The summed E-state index contributed by atoms with van der Waals surface area (Å²) >= 11 is 0. The summed E-state index contributed by atoms with van der Waals surface area (Å²) in [6, 6.07) is 13.6. The highest BCUT2D eigenvalue weighted by Crippen LogP contribution is 2.30. The lowest BCUT2D eigenvalue weighted by molar-refractivity contribution is 0.101. The fourth-order valence-corrected chi connectivity index (χ4v) is 2.36. The van der Waals surface area contributed by atoms with Crippen molar-refractivity contribution in [2.24, 2.45) is 0 Å². The van der Waals surface area contributed by atoms with Crippen molar-refractivity contribution >= 4 is 5.78 Å². The van der Waals surface area contributed by atoms with E-state index in [9.17, 15) is 9.90 Å². The average Bonchev–Trinajstić information content (AvgIpc) is 2.39. The number of hydrogen-bond acceptors (Lipinski definition) is 2. The van der Waals surface area contributed by atoms with Gasteiger partial charge in [0.2, 0.25) is 0 Å². The summed E-state index contributed by atoms with van der Waals surface area (Å²) in [6.45, 7) is 3.56. The Kier molecular flexibility index (Phi) is 4.00. The summed E-state index contributed by atoms with van der Waals surface area (Å²) in [5, 5.41) is 10.1. The first kappa shape index (κ1) is 13.3. The van der Waals surface area contributed by atoms with Gasteiger partial charge in [-0.2, -0.15) is 0 Å². The maximum atomic E-state index is 11.6. The SMILES string of the molecule is CCCc1cc(-c2ccccc2)cc(O)c1C(C)=O. The Morgan fingerprint density at radius 1 is 1.11 bits per heavy atom. The normalized spacial score (nSPS) is 10.4. The fraction of sp³-hybridized carbons (Fsp3) is 0.235. The molecule has 0 atom stereocenters. The first-order chi connectivity index (χ1) is 9.13. The number of ketones is 1. The van der Waals surface area contributed by atoms with E-state index in [4.69, 9.17) is 0 Å². The number of carbonyl (C=O) groups is 1. The molecule has 98 valence electrons. The van der Waals surface area contributed by atoms with Gasteiger partial charge in [0.1, 0.15) is 5.75 Å². The molecule has 1 N–H and O–H groups in total. The van der Waals surface area contributed by atoms with Gasteiger partial charge in [0.05, 0.1) is 5.56 Å². The minimum atomic E-state index is -0.0828. The molecule has 0 aliphatic rings. The smallest absolute Gasteiger partial charge is 0.163 e. The number of aryl methyl sites for hydroxylation is 1. The third kappa shape index (κ3) is 2.84. The summed E-state index contributed by atoms with van der Waals surface area (Å²) in [6.07, 6.45) is 1.74. The number of benzene rings is 2. The van der Waals surface area contributed by atoms with Crippen molar-refractivity contribution in [1.82, 2.24) is 0 Å². The van der Waals surface area contributed by atoms with E-state index in [0.717, 1.165) is 29.5 Å². The van der Waals surface area contributed by atoms with E-state index in [1.165, 1.54) is 6.92 Å². The highest BCUT2D eigenvalue weighted by Gasteiger charge is 2.14. The monoisotopic (exact) mass is 254 g/mol. The molecule has 0 bridgehead atoms. The fourth-order valence-electron chi connectivity index (χ4n) is 2.36. The summed E-state index contributed by atoms with van der Waals surface area (Å²) in [5.41, 5.74) is 3.38. The molecule has 0 aliphatic heterocycles. The lowest BCUT2D eigenvalue weighted by atomic mass is 9.94. The molecule has 0 heterocycles. The quantitative estimate of drug-likeness (QED) is 0.830. The molecule has 0 saturated heterocycles. The van der Waals surface area contributed by atoms with E-state index >= 15 is 0 Å². The number of aromatic hydroxyl groups is 1. The minimum absolute atomic E-state index is 0.0808. The first-order valence-corrected chi connectivity index (χ1v) is 6.55. The number of hydrogen-bond donors (Lipinski definition) is 1. The third-order valence-electron chi connectivity index (χ3n) is 3.18. The van der Waals surface area contributed by atoms with Crippen LogP contribution < -0.4 is 0 Å². The van der Waals surface area contributed by atoms with Crippen LogP contribution in [0.15, 0.2) is 42.5 Å². The molecule has 0 fully saturated rings. The second kappa shape index (κ2) is 5.70. The zero-order valence-corrected chi connectivity index (χ0v) is 11.3. The molecule has 0 unspecified atom stereocenters. The Hall–Kier alpha value is -2.09. The Morgan fingerprint density at radius 2 is 1.79 bits per heavy atom. The molecule has 2 rings (SSSR count). The molecule has 2 nitrogen and oxygen atoms in total. The van der Waals surface area contributed by atoms with E-state index in [-0.39, 0.29) is 11.5 Å². The summed E-state index contributed by atoms with van der Waals surface area (Å²) in [4.78, 5) is 11.6. The Balaban J connectivity index is 2.57. The van der Waals surface area contributed by atoms with Crippen molar-refractivity contribution < 1.29 is 9.90 Å². The third-order valence-corrected chi connectivity index (χ3v) is 3.18. The van der Waals surface area contributed by atoms with Gasteiger partial charge in [-0.3, -0.25) is 4.79 Å². The number of Topliss-reactive ketones (excluding diaryl/α,β-unsaturated/α-hetero) is 1. The van der Waals surface area contributed by atoms with Crippen LogP contribution in [0.5, 0.6) is 5.75 Å². The van der Waals surface area contributed by atoms with Gasteiger partial charge < -0.3 is 5.11 Å². The molecule has 0 spiro atoms. The molecule has 0 amide bonds. The van der Waals surface area contributed by atoms with Gasteiger partial charge in [0, 0.05) is 0 Å². The lowest BCUT2D eigenvalue weighted by Gasteiger charge is -2.12. The van der Waals surface area contributed by atoms with Crippen molar-refractivity contribution in [2.45, 2.75) is 26.7 Å². The molecular weight excluding hydrogens is 236 g/mol. The van der Waals surface area contributed by atoms with Crippen LogP contribution in [0.3, 0.4) is 0 Å². The Morgan fingerprint density at radius 3 is 2.37 bits per heavy atom.